The lowest BCUT2D eigenvalue weighted by Gasteiger charge is -2.32. The summed E-state index contributed by atoms with van der Waals surface area (Å²) in [6, 6.07) is 7.70. The molecule has 104 valence electrons. The average molecular weight is 262 g/mol. The van der Waals surface area contributed by atoms with E-state index in [4.69, 9.17) is 10.5 Å². The Hall–Kier alpha value is -1.55. The molecule has 2 rings (SSSR count). The van der Waals surface area contributed by atoms with E-state index in [2.05, 4.69) is 0 Å². The monoisotopic (exact) mass is 262 g/mol. The van der Waals surface area contributed by atoms with Gasteiger partial charge in [-0.3, -0.25) is 4.79 Å². The third kappa shape index (κ3) is 2.59. The van der Waals surface area contributed by atoms with Crippen molar-refractivity contribution in [3.05, 3.63) is 24.3 Å². The summed E-state index contributed by atoms with van der Waals surface area (Å²) in [5, 5.41) is 0. The van der Waals surface area contributed by atoms with E-state index in [-0.39, 0.29) is 5.91 Å². The molecule has 1 unspecified atom stereocenters. The molecular weight excluding hydrogens is 240 g/mol. The van der Waals surface area contributed by atoms with Crippen LogP contribution >= 0.6 is 0 Å². The fraction of sp³-hybridized carbons (Fsp3) is 0.533. The van der Waals surface area contributed by atoms with Crippen molar-refractivity contribution in [2.24, 2.45) is 11.1 Å². The minimum atomic E-state index is -0.503. The number of carbonyl (C=O) groups is 1. The van der Waals surface area contributed by atoms with E-state index in [0.29, 0.717) is 19.7 Å². The van der Waals surface area contributed by atoms with Gasteiger partial charge in [0.2, 0.25) is 5.91 Å². The molecule has 1 atom stereocenters. The summed E-state index contributed by atoms with van der Waals surface area (Å²) in [4.78, 5) is 14.6. The smallest absolute Gasteiger partial charge is 0.234 e. The number of ether oxygens (including phenoxy) is 1. The summed E-state index contributed by atoms with van der Waals surface area (Å²) in [7, 11) is 0. The summed E-state index contributed by atoms with van der Waals surface area (Å²) >= 11 is 0. The molecule has 4 nitrogen and oxygen atoms in total. The number of nitrogens with two attached hydrogens (primary N) is 1. The maximum absolute atomic E-state index is 12.8. The van der Waals surface area contributed by atoms with Crippen LogP contribution in [-0.4, -0.2) is 25.6 Å². The Balaban J connectivity index is 2.37. The summed E-state index contributed by atoms with van der Waals surface area (Å²) in [5.41, 5.74) is 6.16. The molecule has 0 spiro atoms. The Morgan fingerprint density at radius 2 is 2.21 bits per heavy atom. The fourth-order valence-corrected chi connectivity index (χ4v) is 2.25. The Labute approximate surface area is 114 Å². The molecule has 2 N–H and O–H groups in total. The zero-order valence-corrected chi connectivity index (χ0v) is 11.7. The predicted octanol–water partition coefficient (Wildman–Crippen LogP) is 2.18. The Kier molecular flexibility index (Phi) is 4.10. The molecule has 0 saturated heterocycles. The first-order valence-corrected chi connectivity index (χ1v) is 6.86. The average Bonchev–Trinajstić information content (AvgIpc) is 2.68. The number of anilines is 1. The number of rotatable bonds is 3. The van der Waals surface area contributed by atoms with Crippen LogP contribution in [0.3, 0.4) is 0 Å². The molecule has 19 heavy (non-hydrogen) atoms. The Bertz CT molecular complexity index is 455. The third-order valence-corrected chi connectivity index (χ3v) is 3.93. The summed E-state index contributed by atoms with van der Waals surface area (Å²) in [6.45, 7) is 5.63. The molecule has 0 bridgehead atoms. The largest absolute Gasteiger partial charge is 0.491 e. The van der Waals surface area contributed by atoms with Crippen LogP contribution in [0.5, 0.6) is 5.75 Å². The lowest BCUT2D eigenvalue weighted by atomic mass is 9.85. The van der Waals surface area contributed by atoms with Crippen molar-refractivity contribution in [2.75, 3.05) is 24.6 Å². The quantitative estimate of drug-likeness (QED) is 0.908. The Morgan fingerprint density at radius 1 is 1.47 bits per heavy atom. The highest BCUT2D eigenvalue weighted by molar-refractivity contribution is 5.98. The molecule has 0 saturated carbocycles. The standard InChI is InChI=1S/C15H22N2O2/c1-3-15(2,11-16)14(18)17-9-6-10-19-13-8-5-4-7-12(13)17/h4-5,7-8H,3,6,9-11,16H2,1-2H3. The van der Waals surface area contributed by atoms with Gasteiger partial charge in [-0.2, -0.15) is 0 Å². The second-order valence-corrected chi connectivity index (χ2v) is 5.24. The van der Waals surface area contributed by atoms with Gasteiger partial charge in [-0.25, -0.2) is 0 Å². The van der Waals surface area contributed by atoms with Gasteiger partial charge >= 0.3 is 0 Å². The molecule has 1 aromatic rings. The summed E-state index contributed by atoms with van der Waals surface area (Å²) < 4.78 is 5.68. The van der Waals surface area contributed by atoms with Gasteiger partial charge in [0.05, 0.1) is 17.7 Å². The lowest BCUT2D eigenvalue weighted by molar-refractivity contribution is -0.127. The molecule has 0 aliphatic carbocycles. The molecule has 1 aromatic carbocycles. The topological polar surface area (TPSA) is 55.6 Å². The van der Waals surface area contributed by atoms with Crippen LogP contribution in [0.25, 0.3) is 0 Å². The van der Waals surface area contributed by atoms with Gasteiger partial charge in [0.25, 0.3) is 0 Å². The van der Waals surface area contributed by atoms with Gasteiger partial charge in [0.15, 0.2) is 0 Å². The highest BCUT2D eigenvalue weighted by Crippen LogP contribution is 2.34. The van der Waals surface area contributed by atoms with Crippen LogP contribution in [-0.2, 0) is 4.79 Å². The number of benzene rings is 1. The van der Waals surface area contributed by atoms with Gasteiger partial charge in [0, 0.05) is 13.1 Å². The van der Waals surface area contributed by atoms with E-state index in [9.17, 15) is 4.79 Å². The number of para-hydroxylation sites is 2. The van der Waals surface area contributed by atoms with Crippen molar-refractivity contribution in [2.45, 2.75) is 26.7 Å². The van der Waals surface area contributed by atoms with Crippen LogP contribution in [0, 0.1) is 5.41 Å². The minimum absolute atomic E-state index is 0.0930. The molecule has 1 heterocycles. The third-order valence-electron chi connectivity index (χ3n) is 3.93. The zero-order chi connectivity index (χ0) is 13.9. The maximum atomic E-state index is 12.8. The van der Waals surface area contributed by atoms with Gasteiger partial charge < -0.3 is 15.4 Å². The molecule has 0 aromatic heterocycles. The van der Waals surface area contributed by atoms with Gasteiger partial charge in [-0.05, 0) is 31.9 Å². The van der Waals surface area contributed by atoms with Crippen molar-refractivity contribution in [3.8, 4) is 5.75 Å². The first kappa shape index (κ1) is 13.9. The second kappa shape index (κ2) is 5.61. The fourth-order valence-electron chi connectivity index (χ4n) is 2.25. The van der Waals surface area contributed by atoms with Crippen molar-refractivity contribution in [3.63, 3.8) is 0 Å². The van der Waals surface area contributed by atoms with Crippen LogP contribution in [0.1, 0.15) is 26.7 Å². The van der Waals surface area contributed by atoms with Gasteiger partial charge in [-0.1, -0.05) is 19.1 Å². The maximum Gasteiger partial charge on any atom is 0.234 e. The van der Waals surface area contributed by atoms with Crippen molar-refractivity contribution < 1.29 is 9.53 Å². The summed E-state index contributed by atoms with van der Waals surface area (Å²) in [5.74, 6) is 0.874. The normalized spacial score (nSPS) is 17.9. The molecular formula is C15H22N2O2. The number of hydrogen-bond donors (Lipinski definition) is 1. The molecule has 1 aliphatic rings. The highest BCUT2D eigenvalue weighted by Gasteiger charge is 2.35. The highest BCUT2D eigenvalue weighted by atomic mass is 16.5. The van der Waals surface area contributed by atoms with Gasteiger partial charge in [0.1, 0.15) is 5.75 Å². The van der Waals surface area contributed by atoms with E-state index in [1.54, 1.807) is 0 Å². The Morgan fingerprint density at radius 3 is 2.89 bits per heavy atom. The van der Waals surface area contributed by atoms with E-state index in [1.165, 1.54) is 0 Å². The number of nitrogens with zero attached hydrogens (tertiary/aromatic N) is 1. The van der Waals surface area contributed by atoms with E-state index >= 15 is 0 Å². The van der Waals surface area contributed by atoms with Crippen LogP contribution in [0.4, 0.5) is 5.69 Å². The molecule has 1 aliphatic heterocycles. The van der Waals surface area contributed by atoms with E-state index < -0.39 is 5.41 Å². The van der Waals surface area contributed by atoms with Crippen LogP contribution in [0.15, 0.2) is 24.3 Å². The second-order valence-electron chi connectivity index (χ2n) is 5.24. The van der Waals surface area contributed by atoms with Crippen molar-refractivity contribution in [1.82, 2.24) is 0 Å². The molecule has 4 heteroatoms. The molecule has 0 radical (unpaired) electrons. The predicted molar refractivity (Wildman–Crippen MR) is 76.4 cm³/mol. The lowest BCUT2D eigenvalue weighted by Crippen LogP contribution is -2.46. The van der Waals surface area contributed by atoms with Crippen molar-refractivity contribution >= 4 is 11.6 Å². The first-order valence-electron chi connectivity index (χ1n) is 6.86. The van der Waals surface area contributed by atoms with E-state index in [1.807, 2.05) is 43.0 Å². The van der Waals surface area contributed by atoms with Crippen LogP contribution in [0.2, 0.25) is 0 Å². The molecule has 0 fully saturated rings. The number of hydrogen-bond acceptors (Lipinski definition) is 3. The number of fused-ring (bicyclic) bond motifs is 1. The minimum Gasteiger partial charge on any atom is -0.491 e. The summed E-state index contributed by atoms with van der Waals surface area (Å²) in [6.07, 6.45) is 1.58. The SMILES string of the molecule is CCC(C)(CN)C(=O)N1CCCOc2ccccc21. The van der Waals surface area contributed by atoms with Crippen LogP contribution < -0.4 is 15.4 Å². The zero-order valence-electron chi connectivity index (χ0n) is 11.7. The van der Waals surface area contributed by atoms with Crippen molar-refractivity contribution in [1.29, 1.82) is 0 Å². The first-order chi connectivity index (χ1) is 9.12. The van der Waals surface area contributed by atoms with Gasteiger partial charge in [-0.15, -0.1) is 0 Å². The molecule has 1 amide bonds. The number of amides is 1. The van der Waals surface area contributed by atoms with E-state index in [0.717, 1.165) is 24.3 Å². The number of carbonyl (C=O) groups excluding carboxylic acids is 1.